The average Bonchev–Trinajstić information content (AvgIpc) is 2.72. The van der Waals surface area contributed by atoms with E-state index in [9.17, 15) is 19.2 Å². The number of Topliss-reactive ketones (excluding diaryl/α,β-unsaturated/α-hetero) is 1. The number of nitrogens with one attached hydrogen (secondary N) is 1. The van der Waals surface area contributed by atoms with E-state index in [0.29, 0.717) is 36.5 Å². The monoisotopic (exact) mass is 415 g/mol. The molecule has 162 valence electrons. The van der Waals surface area contributed by atoms with E-state index < -0.39 is 17.8 Å². The third-order valence-electron chi connectivity index (χ3n) is 5.86. The van der Waals surface area contributed by atoms with Crippen LogP contribution in [0.15, 0.2) is 24.3 Å². The van der Waals surface area contributed by atoms with Gasteiger partial charge < -0.3 is 14.8 Å². The molecule has 0 radical (unpaired) electrons. The lowest BCUT2D eigenvalue weighted by molar-refractivity contribution is -0.155. The summed E-state index contributed by atoms with van der Waals surface area (Å²) in [5, 5.41) is 2.64. The van der Waals surface area contributed by atoms with Gasteiger partial charge in [-0.05, 0) is 56.4 Å². The van der Waals surface area contributed by atoms with Gasteiger partial charge in [0.15, 0.2) is 6.61 Å². The van der Waals surface area contributed by atoms with E-state index in [1.807, 2.05) is 6.92 Å². The highest BCUT2D eigenvalue weighted by molar-refractivity contribution is 5.94. The van der Waals surface area contributed by atoms with Crippen LogP contribution in [0.3, 0.4) is 0 Å². The SMILES string of the molecule is CCCCOC(=O)c1ccc(NC(=O)COC(=O)C2CC3CCCC(C2)C3=O)cc1. The van der Waals surface area contributed by atoms with Gasteiger partial charge >= 0.3 is 11.9 Å². The zero-order chi connectivity index (χ0) is 21.5. The standard InChI is InChI=1S/C23H29NO6/c1-2-3-11-29-22(27)15-7-9-19(10-8-15)24-20(25)14-30-23(28)18-12-16-5-4-6-17(13-18)21(16)26/h7-10,16-18H,2-6,11-14H2,1H3,(H,24,25). The molecule has 0 spiro atoms. The highest BCUT2D eigenvalue weighted by Crippen LogP contribution is 2.40. The molecule has 2 fully saturated rings. The van der Waals surface area contributed by atoms with Crippen molar-refractivity contribution in [2.24, 2.45) is 17.8 Å². The van der Waals surface area contributed by atoms with Crippen molar-refractivity contribution in [1.82, 2.24) is 0 Å². The first-order valence-electron chi connectivity index (χ1n) is 10.7. The number of hydrogen-bond acceptors (Lipinski definition) is 6. The Morgan fingerprint density at radius 1 is 1.03 bits per heavy atom. The van der Waals surface area contributed by atoms with Crippen molar-refractivity contribution in [3.05, 3.63) is 29.8 Å². The third kappa shape index (κ3) is 5.68. The van der Waals surface area contributed by atoms with Gasteiger partial charge in [-0.1, -0.05) is 19.8 Å². The van der Waals surface area contributed by atoms with Crippen LogP contribution in [0.5, 0.6) is 0 Å². The van der Waals surface area contributed by atoms with E-state index in [2.05, 4.69) is 5.32 Å². The first-order chi connectivity index (χ1) is 14.5. The molecule has 0 aromatic heterocycles. The molecule has 0 heterocycles. The highest BCUT2D eigenvalue weighted by Gasteiger charge is 2.41. The first kappa shape index (κ1) is 22.0. The normalized spacial score (nSPS) is 22.8. The highest BCUT2D eigenvalue weighted by atomic mass is 16.5. The van der Waals surface area contributed by atoms with Gasteiger partial charge in [0.1, 0.15) is 5.78 Å². The van der Waals surface area contributed by atoms with Crippen molar-refractivity contribution in [2.75, 3.05) is 18.5 Å². The molecule has 7 nitrogen and oxygen atoms in total. The number of fused-ring (bicyclic) bond motifs is 2. The van der Waals surface area contributed by atoms with Crippen molar-refractivity contribution in [3.8, 4) is 0 Å². The maximum Gasteiger partial charge on any atom is 0.338 e. The van der Waals surface area contributed by atoms with Crippen molar-refractivity contribution in [3.63, 3.8) is 0 Å². The maximum absolute atomic E-state index is 12.4. The van der Waals surface area contributed by atoms with Crippen LogP contribution in [0.1, 0.15) is 62.2 Å². The van der Waals surface area contributed by atoms with Crippen molar-refractivity contribution >= 4 is 29.3 Å². The molecule has 7 heteroatoms. The molecule has 2 aliphatic rings. The number of ketones is 1. The number of ether oxygens (including phenoxy) is 2. The Hall–Kier alpha value is -2.70. The summed E-state index contributed by atoms with van der Waals surface area (Å²) < 4.78 is 10.3. The van der Waals surface area contributed by atoms with Gasteiger partial charge in [-0.15, -0.1) is 0 Å². The van der Waals surface area contributed by atoms with Gasteiger partial charge in [0.2, 0.25) is 0 Å². The predicted molar refractivity (Wildman–Crippen MR) is 110 cm³/mol. The lowest BCUT2D eigenvalue weighted by Gasteiger charge is -2.36. The van der Waals surface area contributed by atoms with E-state index in [4.69, 9.17) is 9.47 Å². The Morgan fingerprint density at radius 3 is 2.33 bits per heavy atom. The summed E-state index contributed by atoms with van der Waals surface area (Å²) in [6.07, 6.45) is 5.57. The summed E-state index contributed by atoms with van der Waals surface area (Å²) in [6, 6.07) is 6.36. The molecule has 3 rings (SSSR count). The second kappa shape index (κ2) is 10.4. The summed E-state index contributed by atoms with van der Waals surface area (Å²) >= 11 is 0. The predicted octanol–water partition coefficient (Wildman–Crippen LogP) is 3.52. The van der Waals surface area contributed by atoms with Crippen LogP contribution in [0, 0.1) is 17.8 Å². The number of carbonyl (C=O) groups is 4. The van der Waals surface area contributed by atoms with Crippen molar-refractivity contribution in [2.45, 2.75) is 51.9 Å². The zero-order valence-electron chi connectivity index (χ0n) is 17.4. The number of carbonyl (C=O) groups excluding carboxylic acids is 4. The molecule has 1 amide bonds. The van der Waals surface area contributed by atoms with Crippen LogP contribution < -0.4 is 5.32 Å². The van der Waals surface area contributed by atoms with Crippen LogP contribution in [-0.4, -0.2) is 36.8 Å². The minimum absolute atomic E-state index is 0.0314. The minimum Gasteiger partial charge on any atom is -0.462 e. The number of amides is 1. The fourth-order valence-corrected chi connectivity index (χ4v) is 4.21. The first-order valence-corrected chi connectivity index (χ1v) is 10.7. The smallest absolute Gasteiger partial charge is 0.338 e. The average molecular weight is 415 g/mol. The van der Waals surface area contributed by atoms with Gasteiger partial charge in [0, 0.05) is 17.5 Å². The Balaban J connectivity index is 1.42. The largest absolute Gasteiger partial charge is 0.462 e. The molecule has 2 unspecified atom stereocenters. The molecular formula is C23H29NO6. The molecule has 2 bridgehead atoms. The van der Waals surface area contributed by atoms with Gasteiger partial charge in [0.25, 0.3) is 5.91 Å². The lowest BCUT2D eigenvalue weighted by Crippen LogP contribution is -2.40. The molecular weight excluding hydrogens is 386 g/mol. The second-order valence-corrected chi connectivity index (χ2v) is 8.12. The molecule has 1 aromatic carbocycles. The Morgan fingerprint density at radius 2 is 1.70 bits per heavy atom. The van der Waals surface area contributed by atoms with Crippen molar-refractivity contribution < 1.29 is 28.7 Å². The number of unbranched alkanes of at least 4 members (excludes halogenated alkanes) is 1. The van der Waals surface area contributed by atoms with Crippen LogP contribution in [0.25, 0.3) is 0 Å². The van der Waals surface area contributed by atoms with E-state index in [-0.39, 0.29) is 24.4 Å². The van der Waals surface area contributed by atoms with E-state index in [1.54, 1.807) is 24.3 Å². The summed E-state index contributed by atoms with van der Waals surface area (Å²) in [5.41, 5.74) is 0.909. The minimum atomic E-state index is -0.450. The Kier molecular flexibility index (Phi) is 7.60. The van der Waals surface area contributed by atoms with Gasteiger partial charge in [-0.25, -0.2) is 4.79 Å². The molecule has 0 saturated heterocycles. The molecule has 1 aromatic rings. The number of rotatable bonds is 8. The Labute approximate surface area is 176 Å². The number of anilines is 1. The van der Waals surface area contributed by atoms with E-state index in [1.165, 1.54) is 0 Å². The molecule has 0 aliphatic heterocycles. The van der Waals surface area contributed by atoms with E-state index in [0.717, 1.165) is 32.1 Å². The lowest BCUT2D eigenvalue weighted by atomic mass is 9.67. The molecule has 2 atom stereocenters. The Bertz CT molecular complexity index is 771. The number of hydrogen-bond donors (Lipinski definition) is 1. The van der Waals surface area contributed by atoms with Crippen LogP contribution in [-0.2, 0) is 23.9 Å². The van der Waals surface area contributed by atoms with Gasteiger partial charge in [-0.3, -0.25) is 14.4 Å². The van der Waals surface area contributed by atoms with E-state index >= 15 is 0 Å². The van der Waals surface area contributed by atoms with Crippen LogP contribution >= 0.6 is 0 Å². The third-order valence-corrected chi connectivity index (χ3v) is 5.86. The molecule has 30 heavy (non-hydrogen) atoms. The summed E-state index contributed by atoms with van der Waals surface area (Å²) in [6.45, 7) is 2.03. The fourth-order valence-electron chi connectivity index (χ4n) is 4.21. The number of esters is 2. The summed E-state index contributed by atoms with van der Waals surface area (Å²) in [7, 11) is 0. The van der Waals surface area contributed by atoms with Crippen molar-refractivity contribution in [1.29, 1.82) is 0 Å². The van der Waals surface area contributed by atoms with Crippen LogP contribution in [0.2, 0.25) is 0 Å². The number of benzene rings is 1. The van der Waals surface area contributed by atoms with Crippen LogP contribution in [0.4, 0.5) is 5.69 Å². The maximum atomic E-state index is 12.4. The quantitative estimate of drug-likeness (QED) is 0.515. The fraction of sp³-hybridized carbons (Fsp3) is 0.565. The van der Waals surface area contributed by atoms with Gasteiger partial charge in [0.05, 0.1) is 18.1 Å². The zero-order valence-corrected chi connectivity index (χ0v) is 17.4. The summed E-state index contributed by atoms with van der Waals surface area (Å²) in [5.74, 6) is -1.32. The molecule has 2 aliphatic carbocycles. The second-order valence-electron chi connectivity index (χ2n) is 8.12. The topological polar surface area (TPSA) is 98.8 Å². The summed E-state index contributed by atoms with van der Waals surface area (Å²) in [4.78, 5) is 48.5. The van der Waals surface area contributed by atoms with Gasteiger partial charge in [-0.2, -0.15) is 0 Å². The molecule has 2 saturated carbocycles. The molecule has 1 N–H and O–H groups in total.